The Bertz CT molecular complexity index is 1490. The van der Waals surface area contributed by atoms with Crippen molar-refractivity contribution in [3.05, 3.63) is 88.3 Å². The Hall–Kier alpha value is -4.06. The summed E-state index contributed by atoms with van der Waals surface area (Å²) >= 11 is 0. The van der Waals surface area contributed by atoms with Crippen molar-refractivity contribution < 1.29 is 26.4 Å². The van der Waals surface area contributed by atoms with Crippen LogP contribution in [0, 0.1) is 0 Å². The summed E-state index contributed by atoms with van der Waals surface area (Å²) in [6.45, 7) is 0. The number of fused-ring (bicyclic) bond motifs is 1. The molecule has 33 heavy (non-hydrogen) atoms. The molecule has 0 spiro atoms. The van der Waals surface area contributed by atoms with Gasteiger partial charge in [-0.3, -0.25) is 9.52 Å². The van der Waals surface area contributed by atoms with E-state index in [1.807, 2.05) is 0 Å². The number of alkyl halides is 3. The van der Waals surface area contributed by atoms with E-state index in [9.17, 15) is 31.2 Å². The number of aromatic nitrogens is 2. The lowest BCUT2D eigenvalue weighted by molar-refractivity contribution is -0.137. The number of nitrogens with one attached hydrogen (secondary N) is 4. The van der Waals surface area contributed by atoms with E-state index in [1.165, 1.54) is 42.5 Å². The predicted octanol–water partition coefficient (Wildman–Crippen LogP) is 3.93. The van der Waals surface area contributed by atoms with Gasteiger partial charge in [0, 0.05) is 16.9 Å². The number of aromatic amines is 2. The Morgan fingerprint density at radius 3 is 2.06 bits per heavy atom. The number of sulfonamides is 1. The van der Waals surface area contributed by atoms with Gasteiger partial charge in [0.15, 0.2) is 0 Å². The Kier molecular flexibility index (Phi) is 5.46. The fourth-order valence-corrected chi connectivity index (χ4v) is 4.11. The summed E-state index contributed by atoms with van der Waals surface area (Å²) in [5.74, 6) is -0.578. The van der Waals surface area contributed by atoms with E-state index in [4.69, 9.17) is 0 Å². The fourth-order valence-electron chi connectivity index (χ4n) is 3.03. The number of carbonyl (C=O) groups excluding carboxylic acids is 1. The quantitative estimate of drug-likeness (QED) is 0.348. The minimum absolute atomic E-state index is 0.0747. The molecule has 1 heterocycles. The van der Waals surface area contributed by atoms with Crippen molar-refractivity contribution in [3.8, 4) is 0 Å². The topological polar surface area (TPSA) is 124 Å². The van der Waals surface area contributed by atoms with Gasteiger partial charge in [-0.1, -0.05) is 0 Å². The normalized spacial score (nSPS) is 12.0. The van der Waals surface area contributed by atoms with E-state index in [2.05, 4.69) is 20.0 Å². The number of imidazole rings is 1. The average molecular weight is 476 g/mol. The summed E-state index contributed by atoms with van der Waals surface area (Å²) in [4.78, 5) is 28.6. The molecule has 0 unspecified atom stereocenters. The standard InChI is InChI=1S/C21H15F3N4O4S/c22-21(23,24)13-3-7-14(8-4-13)25-19(29)12-1-5-15(6-2-12)28-33(31,32)16-9-10-17-18(11-16)27-20(30)26-17/h1-11,28H,(H,25,29)(H2,26,27,30). The third-order valence-electron chi connectivity index (χ3n) is 4.67. The molecule has 170 valence electrons. The lowest BCUT2D eigenvalue weighted by atomic mass is 10.1. The number of carbonyl (C=O) groups is 1. The van der Waals surface area contributed by atoms with Gasteiger partial charge in [0.1, 0.15) is 0 Å². The largest absolute Gasteiger partial charge is 0.416 e. The predicted molar refractivity (Wildman–Crippen MR) is 116 cm³/mol. The second-order valence-corrected chi connectivity index (χ2v) is 8.68. The monoisotopic (exact) mass is 476 g/mol. The Balaban J connectivity index is 1.45. The highest BCUT2D eigenvalue weighted by molar-refractivity contribution is 7.92. The van der Waals surface area contributed by atoms with E-state index in [0.717, 1.165) is 24.3 Å². The van der Waals surface area contributed by atoms with Crippen molar-refractivity contribution in [2.24, 2.45) is 0 Å². The molecule has 0 saturated heterocycles. The van der Waals surface area contributed by atoms with Gasteiger partial charge in [-0.2, -0.15) is 13.2 Å². The molecule has 0 radical (unpaired) electrons. The van der Waals surface area contributed by atoms with Crippen LogP contribution >= 0.6 is 0 Å². The molecule has 0 aliphatic heterocycles. The lowest BCUT2D eigenvalue weighted by Crippen LogP contribution is -2.14. The number of halogens is 3. The van der Waals surface area contributed by atoms with Crippen molar-refractivity contribution in [2.45, 2.75) is 11.1 Å². The van der Waals surface area contributed by atoms with E-state index in [0.29, 0.717) is 11.0 Å². The Labute approximate surface area is 184 Å². The first-order chi connectivity index (χ1) is 15.5. The van der Waals surface area contributed by atoms with Crippen LogP contribution in [0.25, 0.3) is 11.0 Å². The molecular weight excluding hydrogens is 461 g/mol. The van der Waals surface area contributed by atoms with Crippen LogP contribution in [0.3, 0.4) is 0 Å². The first-order valence-corrected chi connectivity index (χ1v) is 10.8. The molecular formula is C21H15F3N4O4S. The van der Waals surface area contributed by atoms with Gasteiger partial charge in [-0.15, -0.1) is 0 Å². The summed E-state index contributed by atoms with van der Waals surface area (Å²) < 4.78 is 65.5. The van der Waals surface area contributed by atoms with Crippen LogP contribution in [0.5, 0.6) is 0 Å². The van der Waals surface area contributed by atoms with Crippen LogP contribution in [0.2, 0.25) is 0 Å². The summed E-state index contributed by atoms with van der Waals surface area (Å²) in [7, 11) is -3.97. The molecule has 8 nitrogen and oxygen atoms in total. The lowest BCUT2D eigenvalue weighted by Gasteiger charge is -2.10. The van der Waals surface area contributed by atoms with Crippen LogP contribution in [-0.4, -0.2) is 24.3 Å². The van der Waals surface area contributed by atoms with Gasteiger partial charge >= 0.3 is 11.9 Å². The molecule has 0 saturated carbocycles. The molecule has 4 rings (SSSR count). The maximum absolute atomic E-state index is 12.6. The summed E-state index contributed by atoms with van der Waals surface area (Å²) in [5.41, 5.74) is 0.0289. The van der Waals surface area contributed by atoms with Gasteiger partial charge in [-0.25, -0.2) is 13.2 Å². The van der Waals surface area contributed by atoms with E-state index >= 15 is 0 Å². The molecule has 0 atom stereocenters. The van der Waals surface area contributed by atoms with Crippen LogP contribution in [-0.2, 0) is 16.2 Å². The van der Waals surface area contributed by atoms with Crippen LogP contribution in [0.15, 0.2) is 76.4 Å². The fraction of sp³-hybridized carbons (Fsp3) is 0.0476. The number of anilines is 2. The van der Waals surface area contributed by atoms with Crippen LogP contribution in [0.4, 0.5) is 24.5 Å². The molecule has 4 N–H and O–H groups in total. The van der Waals surface area contributed by atoms with Gasteiger partial charge in [0.25, 0.3) is 15.9 Å². The zero-order valence-electron chi connectivity index (χ0n) is 16.5. The molecule has 12 heteroatoms. The minimum atomic E-state index is -4.48. The second-order valence-electron chi connectivity index (χ2n) is 7.00. The third kappa shape index (κ3) is 4.90. The number of H-pyrrole nitrogens is 2. The average Bonchev–Trinajstić information content (AvgIpc) is 3.13. The first kappa shape index (κ1) is 22.1. The molecule has 3 aromatic carbocycles. The van der Waals surface area contributed by atoms with Crippen LogP contribution in [0.1, 0.15) is 15.9 Å². The highest BCUT2D eigenvalue weighted by atomic mass is 32.2. The van der Waals surface area contributed by atoms with Gasteiger partial charge in [0.2, 0.25) is 0 Å². The highest BCUT2D eigenvalue weighted by Gasteiger charge is 2.30. The van der Waals surface area contributed by atoms with Gasteiger partial charge in [-0.05, 0) is 66.7 Å². The molecule has 0 bridgehead atoms. The summed E-state index contributed by atoms with van der Waals surface area (Å²) in [6.07, 6.45) is -4.48. The second kappa shape index (κ2) is 8.13. The molecule has 4 aromatic rings. The van der Waals surface area contributed by atoms with Crippen molar-refractivity contribution in [3.63, 3.8) is 0 Å². The Morgan fingerprint density at radius 2 is 1.42 bits per heavy atom. The Morgan fingerprint density at radius 1 is 0.818 bits per heavy atom. The van der Waals surface area contributed by atoms with E-state index in [1.54, 1.807) is 0 Å². The van der Waals surface area contributed by atoms with Crippen molar-refractivity contribution >= 4 is 38.3 Å². The number of hydrogen-bond donors (Lipinski definition) is 4. The maximum Gasteiger partial charge on any atom is 0.416 e. The molecule has 0 aliphatic rings. The molecule has 1 aromatic heterocycles. The van der Waals surface area contributed by atoms with E-state index in [-0.39, 0.29) is 21.8 Å². The van der Waals surface area contributed by atoms with Crippen molar-refractivity contribution in [1.82, 2.24) is 9.97 Å². The number of hydrogen-bond acceptors (Lipinski definition) is 4. The van der Waals surface area contributed by atoms with Gasteiger partial charge < -0.3 is 15.3 Å². The molecule has 0 fully saturated rings. The zero-order valence-corrected chi connectivity index (χ0v) is 17.3. The van der Waals surface area contributed by atoms with Crippen molar-refractivity contribution in [2.75, 3.05) is 10.0 Å². The summed E-state index contributed by atoms with van der Waals surface area (Å²) in [6, 6.07) is 13.6. The number of amides is 1. The maximum atomic E-state index is 12.6. The van der Waals surface area contributed by atoms with Gasteiger partial charge in [0.05, 0.1) is 21.5 Å². The number of rotatable bonds is 5. The smallest absolute Gasteiger partial charge is 0.322 e. The first-order valence-electron chi connectivity index (χ1n) is 9.35. The van der Waals surface area contributed by atoms with E-state index < -0.39 is 33.4 Å². The molecule has 0 aliphatic carbocycles. The SMILES string of the molecule is O=C(Nc1ccc(C(F)(F)F)cc1)c1ccc(NS(=O)(=O)c2ccc3[nH]c(=O)[nH]c3c2)cc1. The highest BCUT2D eigenvalue weighted by Crippen LogP contribution is 2.30. The number of benzene rings is 3. The van der Waals surface area contributed by atoms with Crippen LogP contribution < -0.4 is 15.7 Å². The third-order valence-corrected chi connectivity index (χ3v) is 6.05. The minimum Gasteiger partial charge on any atom is -0.322 e. The summed E-state index contributed by atoms with van der Waals surface area (Å²) in [5, 5.41) is 2.47. The zero-order chi connectivity index (χ0) is 23.8. The van der Waals surface area contributed by atoms with Crippen molar-refractivity contribution in [1.29, 1.82) is 0 Å². The molecule has 1 amide bonds.